The van der Waals surface area contributed by atoms with Gasteiger partial charge in [-0.1, -0.05) is 6.07 Å². The van der Waals surface area contributed by atoms with E-state index in [1.165, 1.54) is 6.42 Å². The molecule has 92 valence electrons. The summed E-state index contributed by atoms with van der Waals surface area (Å²) in [5.74, 6) is 1.46. The molecule has 1 fully saturated rings. The summed E-state index contributed by atoms with van der Waals surface area (Å²) in [4.78, 5) is 0. The lowest BCUT2D eigenvalue weighted by Gasteiger charge is -2.40. The van der Waals surface area contributed by atoms with Gasteiger partial charge in [-0.2, -0.15) is 0 Å². The van der Waals surface area contributed by atoms with E-state index in [-0.39, 0.29) is 5.60 Å². The Kier molecular flexibility index (Phi) is 1.76. The lowest BCUT2D eigenvalue weighted by molar-refractivity contribution is -0.0213. The molecule has 1 saturated carbocycles. The number of nitrogens with two attached hydrogens (primary N) is 1. The SMILES string of the molecule is Nc1cccc2c1OC1(CCC1)Cn1nnnc1-2. The molecule has 1 aliphatic heterocycles. The fraction of sp³-hybridized carbons (Fsp3) is 0.417. The summed E-state index contributed by atoms with van der Waals surface area (Å²) >= 11 is 0. The number of benzene rings is 1. The molecule has 2 aromatic rings. The molecule has 18 heavy (non-hydrogen) atoms. The zero-order chi connectivity index (χ0) is 12.2. The largest absolute Gasteiger partial charge is 0.482 e. The summed E-state index contributed by atoms with van der Waals surface area (Å²) in [7, 11) is 0. The predicted molar refractivity (Wildman–Crippen MR) is 64.9 cm³/mol. The Bertz CT molecular complexity index is 617. The molecule has 0 unspecified atom stereocenters. The number of ether oxygens (including phenoxy) is 1. The lowest BCUT2D eigenvalue weighted by atomic mass is 9.80. The first-order valence-corrected chi connectivity index (χ1v) is 6.12. The molecule has 0 saturated heterocycles. The van der Waals surface area contributed by atoms with Crippen LogP contribution in [0.2, 0.25) is 0 Å². The minimum absolute atomic E-state index is 0.176. The number of para-hydroxylation sites is 1. The van der Waals surface area contributed by atoms with Crippen molar-refractivity contribution in [1.29, 1.82) is 0 Å². The van der Waals surface area contributed by atoms with Gasteiger partial charge in [0.05, 0.1) is 17.8 Å². The van der Waals surface area contributed by atoms with Crippen LogP contribution in [-0.2, 0) is 6.54 Å². The van der Waals surface area contributed by atoms with Gasteiger partial charge in [0, 0.05) is 0 Å². The Hall–Kier alpha value is -2.11. The van der Waals surface area contributed by atoms with Crippen molar-refractivity contribution in [2.75, 3.05) is 5.73 Å². The van der Waals surface area contributed by atoms with Crippen molar-refractivity contribution in [3.8, 4) is 17.1 Å². The van der Waals surface area contributed by atoms with E-state index in [1.54, 1.807) is 0 Å². The standard InChI is InChI=1S/C12H13N5O/c13-9-4-1-3-8-10(9)18-12(5-2-6-12)7-17-11(8)14-15-16-17/h1,3-4H,2,5-7,13H2. The van der Waals surface area contributed by atoms with E-state index in [4.69, 9.17) is 10.5 Å². The van der Waals surface area contributed by atoms with Gasteiger partial charge < -0.3 is 10.5 Å². The van der Waals surface area contributed by atoms with Crippen molar-refractivity contribution in [3.05, 3.63) is 18.2 Å². The second-order valence-corrected chi connectivity index (χ2v) is 5.02. The zero-order valence-corrected chi connectivity index (χ0v) is 9.83. The van der Waals surface area contributed by atoms with Gasteiger partial charge in [0.15, 0.2) is 11.6 Å². The number of tetrazole rings is 1. The minimum atomic E-state index is -0.176. The first kappa shape index (κ1) is 9.87. The van der Waals surface area contributed by atoms with E-state index in [9.17, 15) is 0 Å². The molecule has 0 amide bonds. The van der Waals surface area contributed by atoms with Crippen LogP contribution in [0.4, 0.5) is 5.69 Å². The van der Waals surface area contributed by atoms with Gasteiger partial charge in [0.2, 0.25) is 0 Å². The first-order valence-electron chi connectivity index (χ1n) is 6.12. The number of nitrogen functional groups attached to an aromatic ring is 1. The average molecular weight is 243 g/mol. The maximum Gasteiger partial charge on any atom is 0.185 e. The summed E-state index contributed by atoms with van der Waals surface area (Å²) in [5.41, 5.74) is 7.38. The van der Waals surface area contributed by atoms with E-state index in [0.717, 1.165) is 30.0 Å². The van der Waals surface area contributed by atoms with Gasteiger partial charge in [-0.3, -0.25) is 0 Å². The third kappa shape index (κ3) is 1.20. The molecular weight excluding hydrogens is 230 g/mol. The number of hydrogen-bond acceptors (Lipinski definition) is 5. The van der Waals surface area contributed by atoms with Crippen LogP contribution in [0.3, 0.4) is 0 Å². The van der Waals surface area contributed by atoms with E-state index in [1.807, 2.05) is 22.9 Å². The number of aromatic nitrogens is 4. The summed E-state index contributed by atoms with van der Waals surface area (Å²) in [6, 6.07) is 5.70. The number of fused-ring (bicyclic) bond motifs is 3. The molecule has 1 aliphatic carbocycles. The van der Waals surface area contributed by atoms with Crippen molar-refractivity contribution >= 4 is 5.69 Å². The Morgan fingerprint density at radius 3 is 3.00 bits per heavy atom. The van der Waals surface area contributed by atoms with Gasteiger partial charge in [-0.25, -0.2) is 4.68 Å². The first-order chi connectivity index (χ1) is 8.77. The lowest BCUT2D eigenvalue weighted by Crippen LogP contribution is -2.46. The van der Waals surface area contributed by atoms with Crippen LogP contribution in [0.5, 0.6) is 5.75 Å². The molecule has 2 aliphatic rings. The summed E-state index contributed by atoms with van der Waals surface area (Å²) < 4.78 is 8.02. The highest BCUT2D eigenvalue weighted by Crippen LogP contribution is 2.45. The Labute approximate surface area is 104 Å². The zero-order valence-electron chi connectivity index (χ0n) is 9.83. The maximum absolute atomic E-state index is 6.20. The van der Waals surface area contributed by atoms with Crippen molar-refractivity contribution in [2.45, 2.75) is 31.4 Å². The summed E-state index contributed by atoms with van der Waals surface area (Å²) in [6.45, 7) is 0.698. The number of hydrogen-bond donors (Lipinski definition) is 1. The molecule has 6 heteroatoms. The van der Waals surface area contributed by atoms with Gasteiger partial charge in [-0.05, 0) is 41.8 Å². The van der Waals surface area contributed by atoms with Crippen LogP contribution in [0.1, 0.15) is 19.3 Å². The minimum Gasteiger partial charge on any atom is -0.482 e. The topological polar surface area (TPSA) is 78.9 Å². The predicted octanol–water partition coefficient (Wildman–Crippen LogP) is 1.24. The molecule has 2 heterocycles. The average Bonchev–Trinajstić information content (AvgIpc) is 2.71. The van der Waals surface area contributed by atoms with Crippen molar-refractivity contribution in [2.24, 2.45) is 0 Å². The molecule has 4 rings (SSSR count). The van der Waals surface area contributed by atoms with E-state index < -0.39 is 0 Å². The molecule has 1 aromatic carbocycles. The summed E-state index contributed by atoms with van der Waals surface area (Å²) in [6.07, 6.45) is 3.24. The smallest absolute Gasteiger partial charge is 0.185 e. The molecule has 0 radical (unpaired) electrons. The van der Waals surface area contributed by atoms with Crippen LogP contribution in [0.15, 0.2) is 18.2 Å². The van der Waals surface area contributed by atoms with Gasteiger partial charge in [-0.15, -0.1) is 5.10 Å². The molecule has 6 nitrogen and oxygen atoms in total. The van der Waals surface area contributed by atoms with Crippen LogP contribution in [0.25, 0.3) is 11.4 Å². The second kappa shape index (κ2) is 3.22. The Morgan fingerprint density at radius 2 is 2.22 bits per heavy atom. The van der Waals surface area contributed by atoms with Crippen molar-refractivity contribution < 1.29 is 4.74 Å². The normalized spacial score (nSPS) is 19.3. The molecule has 1 aromatic heterocycles. The van der Waals surface area contributed by atoms with Gasteiger partial charge in [0.25, 0.3) is 0 Å². The highest BCUT2D eigenvalue weighted by atomic mass is 16.5. The number of anilines is 1. The van der Waals surface area contributed by atoms with Gasteiger partial charge in [0.1, 0.15) is 5.60 Å². The highest BCUT2D eigenvalue weighted by molar-refractivity contribution is 5.73. The third-order valence-corrected chi connectivity index (χ3v) is 3.84. The Balaban J connectivity index is 1.97. The van der Waals surface area contributed by atoms with E-state index in [2.05, 4.69) is 15.5 Å². The molecule has 1 spiro atoms. The van der Waals surface area contributed by atoms with Crippen LogP contribution in [0, 0.1) is 0 Å². The van der Waals surface area contributed by atoms with E-state index >= 15 is 0 Å². The summed E-state index contributed by atoms with van der Waals surface area (Å²) in [5, 5.41) is 11.9. The van der Waals surface area contributed by atoms with Crippen LogP contribution < -0.4 is 10.5 Å². The van der Waals surface area contributed by atoms with Gasteiger partial charge >= 0.3 is 0 Å². The number of rotatable bonds is 0. The van der Waals surface area contributed by atoms with E-state index in [0.29, 0.717) is 12.2 Å². The van der Waals surface area contributed by atoms with Crippen molar-refractivity contribution in [1.82, 2.24) is 20.2 Å². The fourth-order valence-corrected chi connectivity index (χ4v) is 2.70. The monoisotopic (exact) mass is 243 g/mol. The quantitative estimate of drug-likeness (QED) is 0.704. The number of nitrogens with zero attached hydrogens (tertiary/aromatic N) is 4. The molecule has 0 atom stereocenters. The van der Waals surface area contributed by atoms with Crippen LogP contribution >= 0.6 is 0 Å². The second-order valence-electron chi connectivity index (χ2n) is 5.02. The Morgan fingerprint density at radius 1 is 1.33 bits per heavy atom. The molecule has 2 N–H and O–H groups in total. The molecule has 0 bridgehead atoms. The fourth-order valence-electron chi connectivity index (χ4n) is 2.70. The maximum atomic E-state index is 6.20. The van der Waals surface area contributed by atoms with Crippen LogP contribution in [-0.4, -0.2) is 25.8 Å². The van der Waals surface area contributed by atoms with Crippen molar-refractivity contribution in [3.63, 3.8) is 0 Å². The molecular formula is C12H13N5O. The third-order valence-electron chi connectivity index (χ3n) is 3.84. The highest BCUT2D eigenvalue weighted by Gasteiger charge is 2.43.